The summed E-state index contributed by atoms with van der Waals surface area (Å²) >= 11 is 0. The van der Waals surface area contributed by atoms with Gasteiger partial charge in [0.15, 0.2) is 17.2 Å². The van der Waals surface area contributed by atoms with E-state index in [0.29, 0.717) is 22.6 Å². The Balaban J connectivity index is 1.93. The van der Waals surface area contributed by atoms with E-state index in [2.05, 4.69) is 4.99 Å². The van der Waals surface area contributed by atoms with E-state index in [1.807, 2.05) is 0 Å². The number of cyclic esters (lactones) is 1. The second kappa shape index (κ2) is 6.54. The number of nitrogens with zero attached hydrogens (tertiary/aromatic N) is 1. The van der Waals surface area contributed by atoms with Crippen LogP contribution in [0.1, 0.15) is 11.1 Å². The molecule has 0 radical (unpaired) electrons. The van der Waals surface area contributed by atoms with Crippen LogP contribution < -0.4 is 9.47 Å². The summed E-state index contributed by atoms with van der Waals surface area (Å²) in [6.45, 7) is 0. The van der Waals surface area contributed by atoms with Crippen molar-refractivity contribution in [2.75, 3.05) is 14.2 Å². The van der Waals surface area contributed by atoms with Gasteiger partial charge in [0.2, 0.25) is 5.90 Å². The van der Waals surface area contributed by atoms with Crippen molar-refractivity contribution >= 4 is 17.9 Å². The number of esters is 1. The Morgan fingerprint density at radius 3 is 2.42 bits per heavy atom. The maximum atomic E-state index is 12.9. The molecule has 2 aromatic rings. The third kappa shape index (κ3) is 3.12. The van der Waals surface area contributed by atoms with Crippen molar-refractivity contribution in [1.82, 2.24) is 0 Å². The molecule has 1 aliphatic rings. The summed E-state index contributed by atoms with van der Waals surface area (Å²) in [5, 5.41) is 0. The Bertz CT molecular complexity index is 841. The molecule has 0 bridgehead atoms. The fraction of sp³-hybridized carbons (Fsp3) is 0.111. The highest BCUT2D eigenvalue weighted by Crippen LogP contribution is 2.29. The molecule has 0 aliphatic carbocycles. The quantitative estimate of drug-likeness (QED) is 0.639. The Hall–Kier alpha value is -3.15. The highest BCUT2D eigenvalue weighted by Gasteiger charge is 2.25. The molecule has 6 heteroatoms. The van der Waals surface area contributed by atoms with Gasteiger partial charge in [0.1, 0.15) is 5.82 Å². The predicted molar refractivity (Wildman–Crippen MR) is 86.6 cm³/mol. The second-order valence-electron chi connectivity index (χ2n) is 4.96. The van der Waals surface area contributed by atoms with Gasteiger partial charge in [-0.05, 0) is 42.0 Å². The summed E-state index contributed by atoms with van der Waals surface area (Å²) in [5.74, 6) is 0.331. The number of halogens is 1. The van der Waals surface area contributed by atoms with Gasteiger partial charge in [-0.1, -0.05) is 12.1 Å². The molecule has 122 valence electrons. The zero-order chi connectivity index (χ0) is 17.1. The lowest BCUT2D eigenvalue weighted by atomic mass is 10.2. The Labute approximate surface area is 138 Å². The summed E-state index contributed by atoms with van der Waals surface area (Å²) in [7, 11) is 3.05. The van der Waals surface area contributed by atoms with Crippen molar-refractivity contribution in [1.29, 1.82) is 0 Å². The lowest BCUT2D eigenvalue weighted by Crippen LogP contribution is -2.05. The van der Waals surface area contributed by atoms with E-state index in [4.69, 9.17) is 14.2 Å². The van der Waals surface area contributed by atoms with Crippen LogP contribution >= 0.6 is 0 Å². The smallest absolute Gasteiger partial charge is 0.363 e. The molecular formula is C18H14FNO4. The zero-order valence-electron chi connectivity index (χ0n) is 13.1. The molecule has 0 saturated carbocycles. The fourth-order valence-electron chi connectivity index (χ4n) is 2.22. The first-order valence-electron chi connectivity index (χ1n) is 7.11. The van der Waals surface area contributed by atoms with Crippen molar-refractivity contribution < 1.29 is 23.4 Å². The first-order chi connectivity index (χ1) is 11.6. The van der Waals surface area contributed by atoms with Crippen LogP contribution in [0.4, 0.5) is 4.39 Å². The molecule has 0 spiro atoms. The summed E-state index contributed by atoms with van der Waals surface area (Å²) in [5.41, 5.74) is 1.38. The van der Waals surface area contributed by atoms with E-state index in [9.17, 15) is 9.18 Å². The third-order valence-electron chi connectivity index (χ3n) is 3.42. The molecular weight excluding hydrogens is 313 g/mol. The van der Waals surface area contributed by atoms with Crippen molar-refractivity contribution in [2.45, 2.75) is 0 Å². The van der Waals surface area contributed by atoms with E-state index in [-0.39, 0.29) is 17.4 Å². The van der Waals surface area contributed by atoms with Crippen LogP contribution in [0, 0.1) is 5.82 Å². The van der Waals surface area contributed by atoms with Gasteiger partial charge in [0.25, 0.3) is 0 Å². The van der Waals surface area contributed by atoms with Gasteiger partial charge in [-0.15, -0.1) is 0 Å². The van der Waals surface area contributed by atoms with Crippen LogP contribution in [0.2, 0.25) is 0 Å². The average Bonchev–Trinajstić information content (AvgIpc) is 2.97. The minimum atomic E-state index is -0.566. The Morgan fingerprint density at radius 2 is 1.75 bits per heavy atom. The summed E-state index contributed by atoms with van der Waals surface area (Å²) in [6.07, 6.45) is 1.54. The molecule has 0 atom stereocenters. The Kier molecular flexibility index (Phi) is 4.29. The molecule has 3 rings (SSSR count). The monoisotopic (exact) mass is 327 g/mol. The van der Waals surface area contributed by atoms with Gasteiger partial charge >= 0.3 is 5.97 Å². The minimum Gasteiger partial charge on any atom is -0.493 e. The van der Waals surface area contributed by atoms with E-state index in [0.717, 1.165) is 0 Å². The van der Waals surface area contributed by atoms with Crippen LogP contribution in [0.25, 0.3) is 6.08 Å². The maximum absolute atomic E-state index is 12.9. The molecule has 0 N–H and O–H groups in total. The second-order valence-corrected chi connectivity index (χ2v) is 4.96. The lowest BCUT2D eigenvalue weighted by molar-refractivity contribution is -0.129. The SMILES string of the molecule is COc1ccc(C2=N/C(=C/c3ccc(F)cc3)C(=O)O2)cc1OC. The van der Waals surface area contributed by atoms with E-state index >= 15 is 0 Å². The molecule has 24 heavy (non-hydrogen) atoms. The van der Waals surface area contributed by atoms with Gasteiger partial charge in [-0.2, -0.15) is 0 Å². The number of carbonyl (C=O) groups excluding carboxylic acids is 1. The summed E-state index contributed by atoms with van der Waals surface area (Å²) in [6, 6.07) is 10.8. The molecule has 0 saturated heterocycles. The van der Waals surface area contributed by atoms with E-state index in [1.54, 1.807) is 30.3 Å². The van der Waals surface area contributed by atoms with E-state index in [1.165, 1.54) is 32.4 Å². The normalized spacial score (nSPS) is 15.2. The van der Waals surface area contributed by atoms with Gasteiger partial charge in [-0.25, -0.2) is 14.2 Å². The summed E-state index contributed by atoms with van der Waals surface area (Å²) < 4.78 is 28.5. The van der Waals surface area contributed by atoms with Crippen molar-refractivity contribution in [2.24, 2.45) is 4.99 Å². The van der Waals surface area contributed by atoms with Crippen LogP contribution in [0.5, 0.6) is 11.5 Å². The highest BCUT2D eigenvalue weighted by atomic mass is 19.1. The number of methoxy groups -OCH3 is 2. The topological polar surface area (TPSA) is 57.1 Å². The number of rotatable bonds is 4. The Morgan fingerprint density at radius 1 is 1.04 bits per heavy atom. The summed E-state index contributed by atoms with van der Waals surface area (Å²) in [4.78, 5) is 16.2. The number of hydrogen-bond acceptors (Lipinski definition) is 5. The first-order valence-corrected chi connectivity index (χ1v) is 7.11. The number of ether oxygens (including phenoxy) is 3. The largest absolute Gasteiger partial charge is 0.493 e. The van der Waals surface area contributed by atoms with Crippen LogP contribution in [0.3, 0.4) is 0 Å². The molecule has 2 aromatic carbocycles. The van der Waals surface area contributed by atoms with Gasteiger partial charge in [-0.3, -0.25) is 0 Å². The molecule has 0 unspecified atom stereocenters. The predicted octanol–water partition coefficient (Wildman–Crippen LogP) is 3.19. The van der Waals surface area contributed by atoms with Crippen molar-refractivity contribution in [3.8, 4) is 11.5 Å². The minimum absolute atomic E-state index is 0.145. The average molecular weight is 327 g/mol. The molecule has 1 aliphatic heterocycles. The molecule has 0 fully saturated rings. The fourth-order valence-corrected chi connectivity index (χ4v) is 2.22. The molecule has 5 nitrogen and oxygen atoms in total. The molecule has 0 amide bonds. The van der Waals surface area contributed by atoms with Gasteiger partial charge < -0.3 is 14.2 Å². The number of carbonyl (C=O) groups is 1. The number of hydrogen-bond donors (Lipinski definition) is 0. The standard InChI is InChI=1S/C18H14FNO4/c1-22-15-8-5-12(10-16(15)23-2)17-20-14(18(21)24-17)9-11-3-6-13(19)7-4-11/h3-10H,1-2H3/b14-9+. The van der Waals surface area contributed by atoms with E-state index < -0.39 is 5.97 Å². The maximum Gasteiger partial charge on any atom is 0.363 e. The highest BCUT2D eigenvalue weighted by molar-refractivity contribution is 6.13. The van der Waals surface area contributed by atoms with Crippen LogP contribution in [-0.2, 0) is 9.53 Å². The van der Waals surface area contributed by atoms with Gasteiger partial charge in [0.05, 0.1) is 14.2 Å². The van der Waals surface area contributed by atoms with Crippen molar-refractivity contribution in [3.05, 3.63) is 65.1 Å². The number of aliphatic imine (C=N–C) groups is 1. The third-order valence-corrected chi connectivity index (χ3v) is 3.42. The molecule has 0 aromatic heterocycles. The van der Waals surface area contributed by atoms with Crippen molar-refractivity contribution in [3.63, 3.8) is 0 Å². The van der Waals surface area contributed by atoms with Crippen LogP contribution in [-0.4, -0.2) is 26.1 Å². The lowest BCUT2D eigenvalue weighted by Gasteiger charge is -2.08. The first kappa shape index (κ1) is 15.7. The molecule has 1 heterocycles. The number of benzene rings is 2. The van der Waals surface area contributed by atoms with Crippen LogP contribution in [0.15, 0.2) is 53.2 Å². The zero-order valence-corrected chi connectivity index (χ0v) is 13.1. The van der Waals surface area contributed by atoms with Gasteiger partial charge in [0, 0.05) is 5.56 Å².